The SMILES string of the molecule is CC(C)CC(=O)OCCCNCc1cccc(F)c1. The van der Waals surface area contributed by atoms with Crippen molar-refractivity contribution < 1.29 is 13.9 Å². The molecular weight excluding hydrogens is 245 g/mol. The van der Waals surface area contributed by atoms with Gasteiger partial charge in [0, 0.05) is 13.0 Å². The summed E-state index contributed by atoms with van der Waals surface area (Å²) in [5, 5.41) is 3.19. The molecule has 0 spiro atoms. The summed E-state index contributed by atoms with van der Waals surface area (Å²) in [5.74, 6) is -0.0272. The molecule has 0 aliphatic carbocycles. The molecule has 0 atom stereocenters. The van der Waals surface area contributed by atoms with Gasteiger partial charge in [-0.2, -0.15) is 0 Å². The van der Waals surface area contributed by atoms with Crippen LogP contribution < -0.4 is 5.32 Å². The first-order chi connectivity index (χ1) is 9.08. The van der Waals surface area contributed by atoms with Crippen molar-refractivity contribution in [3.8, 4) is 0 Å². The molecule has 0 aliphatic rings. The summed E-state index contributed by atoms with van der Waals surface area (Å²) in [6.45, 7) is 5.77. The zero-order valence-corrected chi connectivity index (χ0v) is 11.6. The van der Waals surface area contributed by atoms with E-state index in [0.29, 0.717) is 25.5 Å². The quantitative estimate of drug-likeness (QED) is 0.581. The molecule has 0 aromatic heterocycles. The first-order valence-electron chi connectivity index (χ1n) is 6.68. The Kier molecular flexibility index (Phi) is 7.11. The largest absolute Gasteiger partial charge is 0.466 e. The third-order valence-corrected chi connectivity index (χ3v) is 2.55. The normalized spacial score (nSPS) is 10.7. The molecule has 0 unspecified atom stereocenters. The Bertz CT molecular complexity index is 393. The third kappa shape index (κ3) is 7.57. The molecule has 0 fully saturated rings. The minimum absolute atomic E-state index is 0.139. The van der Waals surface area contributed by atoms with Crippen molar-refractivity contribution in [3.63, 3.8) is 0 Å². The lowest BCUT2D eigenvalue weighted by atomic mass is 10.1. The molecule has 1 rings (SSSR count). The molecule has 0 amide bonds. The smallest absolute Gasteiger partial charge is 0.306 e. The van der Waals surface area contributed by atoms with Gasteiger partial charge >= 0.3 is 5.97 Å². The average Bonchev–Trinajstić information content (AvgIpc) is 2.32. The number of rotatable bonds is 8. The van der Waals surface area contributed by atoms with E-state index in [9.17, 15) is 9.18 Å². The van der Waals surface area contributed by atoms with Crippen LogP contribution >= 0.6 is 0 Å². The van der Waals surface area contributed by atoms with Gasteiger partial charge in [-0.1, -0.05) is 26.0 Å². The van der Waals surface area contributed by atoms with E-state index in [1.807, 2.05) is 19.9 Å². The van der Waals surface area contributed by atoms with E-state index in [0.717, 1.165) is 18.5 Å². The fourth-order valence-corrected chi connectivity index (χ4v) is 1.66. The monoisotopic (exact) mass is 267 g/mol. The Morgan fingerprint density at radius 3 is 2.89 bits per heavy atom. The number of halogens is 1. The maximum atomic E-state index is 12.9. The van der Waals surface area contributed by atoms with E-state index in [1.54, 1.807) is 6.07 Å². The van der Waals surface area contributed by atoms with Crippen LogP contribution in [-0.2, 0) is 16.1 Å². The van der Waals surface area contributed by atoms with E-state index in [-0.39, 0.29) is 11.8 Å². The van der Waals surface area contributed by atoms with Crippen molar-refractivity contribution in [2.24, 2.45) is 5.92 Å². The summed E-state index contributed by atoms with van der Waals surface area (Å²) in [7, 11) is 0. The summed E-state index contributed by atoms with van der Waals surface area (Å²) in [5.41, 5.74) is 0.914. The van der Waals surface area contributed by atoms with Crippen LogP contribution in [0.3, 0.4) is 0 Å². The highest BCUT2D eigenvalue weighted by atomic mass is 19.1. The molecule has 1 aromatic rings. The molecule has 1 aromatic carbocycles. The van der Waals surface area contributed by atoms with Gasteiger partial charge in [0.25, 0.3) is 0 Å². The number of hydrogen-bond donors (Lipinski definition) is 1. The second-order valence-electron chi connectivity index (χ2n) is 4.98. The molecule has 0 saturated heterocycles. The van der Waals surface area contributed by atoms with Gasteiger partial charge in [-0.3, -0.25) is 4.79 Å². The van der Waals surface area contributed by atoms with E-state index in [1.165, 1.54) is 12.1 Å². The first kappa shape index (κ1) is 15.6. The molecule has 0 saturated carbocycles. The number of benzene rings is 1. The second-order valence-corrected chi connectivity index (χ2v) is 4.98. The zero-order chi connectivity index (χ0) is 14.1. The van der Waals surface area contributed by atoms with Crippen LogP contribution in [0.25, 0.3) is 0 Å². The van der Waals surface area contributed by atoms with Crippen LogP contribution in [0, 0.1) is 11.7 Å². The zero-order valence-electron chi connectivity index (χ0n) is 11.6. The highest BCUT2D eigenvalue weighted by Crippen LogP contribution is 2.03. The van der Waals surface area contributed by atoms with Crippen LogP contribution in [0.15, 0.2) is 24.3 Å². The predicted molar refractivity (Wildman–Crippen MR) is 73.1 cm³/mol. The molecule has 0 heterocycles. The van der Waals surface area contributed by atoms with Crippen molar-refractivity contribution in [2.45, 2.75) is 33.2 Å². The summed E-state index contributed by atoms with van der Waals surface area (Å²) in [6, 6.07) is 6.51. The number of ether oxygens (including phenoxy) is 1. The van der Waals surface area contributed by atoms with Gasteiger partial charge in [0.2, 0.25) is 0 Å². The van der Waals surface area contributed by atoms with E-state index < -0.39 is 0 Å². The van der Waals surface area contributed by atoms with Crippen LogP contribution in [0.4, 0.5) is 4.39 Å². The topological polar surface area (TPSA) is 38.3 Å². The highest BCUT2D eigenvalue weighted by Gasteiger charge is 2.05. The Morgan fingerprint density at radius 2 is 2.21 bits per heavy atom. The summed E-state index contributed by atoms with van der Waals surface area (Å²) >= 11 is 0. The van der Waals surface area contributed by atoms with Crippen molar-refractivity contribution in [1.82, 2.24) is 5.32 Å². The molecule has 0 aliphatic heterocycles. The molecule has 0 bridgehead atoms. The number of hydrogen-bond acceptors (Lipinski definition) is 3. The standard InChI is InChI=1S/C15H22FNO2/c1-12(2)9-15(18)19-8-4-7-17-11-13-5-3-6-14(16)10-13/h3,5-6,10,12,17H,4,7-9,11H2,1-2H3. The Balaban J connectivity index is 2.04. The van der Waals surface area contributed by atoms with Crippen LogP contribution in [0.2, 0.25) is 0 Å². The Morgan fingerprint density at radius 1 is 1.42 bits per heavy atom. The molecule has 4 heteroatoms. The van der Waals surface area contributed by atoms with Gasteiger partial charge in [0.1, 0.15) is 5.82 Å². The van der Waals surface area contributed by atoms with E-state index in [4.69, 9.17) is 4.74 Å². The molecule has 0 radical (unpaired) electrons. The van der Waals surface area contributed by atoms with Crippen molar-refractivity contribution in [1.29, 1.82) is 0 Å². The second kappa shape index (κ2) is 8.64. The lowest BCUT2D eigenvalue weighted by Crippen LogP contribution is -2.17. The number of esters is 1. The van der Waals surface area contributed by atoms with Crippen LogP contribution in [0.1, 0.15) is 32.3 Å². The summed E-state index contributed by atoms with van der Waals surface area (Å²) < 4.78 is 18.0. The molecule has 1 N–H and O–H groups in total. The fraction of sp³-hybridized carbons (Fsp3) is 0.533. The number of carbonyl (C=O) groups excluding carboxylic acids is 1. The van der Waals surface area contributed by atoms with Crippen LogP contribution in [-0.4, -0.2) is 19.1 Å². The van der Waals surface area contributed by atoms with E-state index in [2.05, 4.69) is 5.32 Å². The van der Waals surface area contributed by atoms with Gasteiger partial charge in [-0.05, 0) is 36.6 Å². The van der Waals surface area contributed by atoms with Crippen molar-refractivity contribution >= 4 is 5.97 Å². The lowest BCUT2D eigenvalue weighted by Gasteiger charge is -2.07. The third-order valence-electron chi connectivity index (χ3n) is 2.55. The number of nitrogens with one attached hydrogen (secondary N) is 1. The van der Waals surface area contributed by atoms with Crippen molar-refractivity contribution in [3.05, 3.63) is 35.6 Å². The molecular formula is C15H22FNO2. The van der Waals surface area contributed by atoms with Crippen molar-refractivity contribution in [2.75, 3.05) is 13.2 Å². The fourth-order valence-electron chi connectivity index (χ4n) is 1.66. The summed E-state index contributed by atoms with van der Waals surface area (Å²) in [6.07, 6.45) is 1.23. The lowest BCUT2D eigenvalue weighted by molar-refractivity contribution is -0.144. The first-order valence-corrected chi connectivity index (χ1v) is 6.68. The minimum atomic E-state index is -0.220. The average molecular weight is 267 g/mol. The molecule has 106 valence electrons. The van der Waals surface area contributed by atoms with E-state index >= 15 is 0 Å². The number of carbonyl (C=O) groups is 1. The highest BCUT2D eigenvalue weighted by molar-refractivity contribution is 5.69. The Hall–Kier alpha value is -1.42. The predicted octanol–water partition coefficient (Wildman–Crippen LogP) is 2.89. The van der Waals surface area contributed by atoms with Gasteiger partial charge in [0.15, 0.2) is 0 Å². The Labute approximate surface area is 114 Å². The van der Waals surface area contributed by atoms with Gasteiger partial charge in [-0.25, -0.2) is 4.39 Å². The van der Waals surface area contributed by atoms with Crippen LogP contribution in [0.5, 0.6) is 0 Å². The molecule has 3 nitrogen and oxygen atoms in total. The van der Waals surface area contributed by atoms with Gasteiger partial charge in [-0.15, -0.1) is 0 Å². The van der Waals surface area contributed by atoms with Gasteiger partial charge in [0.05, 0.1) is 6.61 Å². The maximum Gasteiger partial charge on any atom is 0.306 e. The molecule has 19 heavy (non-hydrogen) atoms. The summed E-state index contributed by atoms with van der Waals surface area (Å²) in [4.78, 5) is 11.3. The maximum absolute atomic E-state index is 12.9. The minimum Gasteiger partial charge on any atom is -0.466 e. The van der Waals surface area contributed by atoms with Gasteiger partial charge < -0.3 is 10.1 Å².